The molecule has 0 aliphatic carbocycles. The van der Waals surface area contributed by atoms with E-state index in [-0.39, 0.29) is 12.0 Å². The number of hydrogen-bond acceptors (Lipinski definition) is 4. The van der Waals surface area contributed by atoms with Crippen LogP contribution in [0, 0.1) is 0 Å². The van der Waals surface area contributed by atoms with Crippen LogP contribution in [0.2, 0.25) is 0 Å². The zero-order valence-corrected chi connectivity index (χ0v) is 7.37. The number of rotatable bonds is 2. The average Bonchev–Trinajstić information content (AvgIpc) is 2.61. The summed E-state index contributed by atoms with van der Waals surface area (Å²) in [5.74, 6) is 0.618. The summed E-state index contributed by atoms with van der Waals surface area (Å²) < 4.78 is 10.0. The molecule has 1 N–H and O–H groups in total. The van der Waals surface area contributed by atoms with E-state index in [2.05, 4.69) is 5.32 Å². The number of fused-ring (bicyclic) bond motifs is 1. The number of anilines is 1. The molecule has 1 atom stereocenters. The molecule has 1 aromatic heterocycles. The molecule has 1 aromatic rings. The SMILES string of the molecule is CCOC(=O)C1Cc2occc2N1. The molecule has 0 aromatic carbocycles. The fraction of sp³-hybridized carbons (Fsp3) is 0.444. The van der Waals surface area contributed by atoms with E-state index in [1.54, 1.807) is 13.2 Å². The normalized spacial score (nSPS) is 19.3. The first-order chi connectivity index (χ1) is 6.31. The predicted octanol–water partition coefficient (Wildman–Crippen LogP) is 1.18. The van der Waals surface area contributed by atoms with Gasteiger partial charge >= 0.3 is 5.97 Å². The molecule has 0 spiro atoms. The first-order valence-electron chi connectivity index (χ1n) is 4.31. The lowest BCUT2D eigenvalue weighted by atomic mass is 10.2. The summed E-state index contributed by atoms with van der Waals surface area (Å²) in [6.45, 7) is 2.21. The summed E-state index contributed by atoms with van der Waals surface area (Å²) in [5, 5.41) is 3.03. The van der Waals surface area contributed by atoms with Crippen molar-refractivity contribution in [1.82, 2.24) is 0 Å². The minimum absolute atomic E-state index is 0.214. The van der Waals surface area contributed by atoms with Crippen LogP contribution in [0.3, 0.4) is 0 Å². The van der Waals surface area contributed by atoms with Gasteiger partial charge in [0.05, 0.1) is 18.6 Å². The number of ether oxygens (including phenoxy) is 1. The smallest absolute Gasteiger partial charge is 0.329 e. The maximum atomic E-state index is 11.3. The van der Waals surface area contributed by atoms with Gasteiger partial charge in [-0.1, -0.05) is 0 Å². The van der Waals surface area contributed by atoms with Gasteiger partial charge < -0.3 is 14.5 Å². The third kappa shape index (κ3) is 1.39. The second-order valence-electron chi connectivity index (χ2n) is 2.91. The largest absolute Gasteiger partial charge is 0.467 e. The summed E-state index contributed by atoms with van der Waals surface area (Å²) in [6.07, 6.45) is 2.19. The van der Waals surface area contributed by atoms with Crippen LogP contribution in [0.15, 0.2) is 16.7 Å². The zero-order chi connectivity index (χ0) is 9.26. The summed E-state index contributed by atoms with van der Waals surface area (Å²) >= 11 is 0. The molecule has 0 fully saturated rings. The van der Waals surface area contributed by atoms with E-state index in [1.165, 1.54) is 0 Å². The van der Waals surface area contributed by atoms with Crippen molar-refractivity contribution in [3.05, 3.63) is 18.1 Å². The maximum absolute atomic E-state index is 11.3. The maximum Gasteiger partial charge on any atom is 0.329 e. The van der Waals surface area contributed by atoms with Crippen molar-refractivity contribution < 1.29 is 13.9 Å². The molecule has 0 bridgehead atoms. The van der Waals surface area contributed by atoms with Gasteiger partial charge in [0.2, 0.25) is 0 Å². The van der Waals surface area contributed by atoms with Gasteiger partial charge in [0.1, 0.15) is 11.8 Å². The summed E-state index contributed by atoms with van der Waals surface area (Å²) in [6, 6.07) is 1.55. The number of carbonyl (C=O) groups is 1. The number of hydrogen-bond donors (Lipinski definition) is 1. The van der Waals surface area contributed by atoms with E-state index in [4.69, 9.17) is 9.15 Å². The Hall–Kier alpha value is -1.45. The van der Waals surface area contributed by atoms with E-state index in [1.807, 2.05) is 6.07 Å². The molecule has 70 valence electrons. The number of carbonyl (C=O) groups excluding carboxylic acids is 1. The molecule has 1 aliphatic heterocycles. The van der Waals surface area contributed by atoms with Gasteiger partial charge in [0, 0.05) is 6.42 Å². The molecule has 4 heteroatoms. The lowest BCUT2D eigenvalue weighted by molar-refractivity contribution is -0.143. The van der Waals surface area contributed by atoms with Crippen LogP contribution < -0.4 is 5.32 Å². The molecular formula is C9H11NO3. The highest BCUT2D eigenvalue weighted by Crippen LogP contribution is 2.26. The van der Waals surface area contributed by atoms with Gasteiger partial charge in [-0.3, -0.25) is 0 Å². The van der Waals surface area contributed by atoms with Gasteiger partial charge in [-0.25, -0.2) is 4.79 Å². The lowest BCUT2D eigenvalue weighted by Gasteiger charge is -2.08. The van der Waals surface area contributed by atoms with Crippen LogP contribution in [-0.4, -0.2) is 18.6 Å². The quantitative estimate of drug-likeness (QED) is 0.696. The average molecular weight is 181 g/mol. The molecule has 2 heterocycles. The van der Waals surface area contributed by atoms with Crippen molar-refractivity contribution >= 4 is 11.7 Å². The fourth-order valence-electron chi connectivity index (χ4n) is 1.44. The zero-order valence-electron chi connectivity index (χ0n) is 7.37. The predicted molar refractivity (Wildman–Crippen MR) is 46.5 cm³/mol. The Labute approximate surface area is 75.9 Å². The van der Waals surface area contributed by atoms with Crippen molar-refractivity contribution in [3.63, 3.8) is 0 Å². The monoisotopic (exact) mass is 181 g/mol. The number of furan rings is 1. The first-order valence-corrected chi connectivity index (χ1v) is 4.31. The molecule has 1 aliphatic rings. The van der Waals surface area contributed by atoms with Crippen LogP contribution in [0.5, 0.6) is 0 Å². The van der Waals surface area contributed by atoms with Gasteiger partial charge in [0.15, 0.2) is 0 Å². The Morgan fingerprint density at radius 3 is 3.38 bits per heavy atom. The molecule has 2 rings (SSSR count). The van der Waals surface area contributed by atoms with Gasteiger partial charge in [0.25, 0.3) is 0 Å². The Morgan fingerprint density at radius 1 is 1.85 bits per heavy atom. The highest BCUT2D eigenvalue weighted by atomic mass is 16.5. The summed E-state index contributed by atoms with van der Waals surface area (Å²) in [5.41, 5.74) is 0.901. The minimum atomic E-state index is -0.269. The van der Waals surface area contributed by atoms with Crippen molar-refractivity contribution in [2.75, 3.05) is 11.9 Å². The minimum Gasteiger partial charge on any atom is -0.467 e. The number of nitrogens with one attached hydrogen (secondary N) is 1. The Morgan fingerprint density at radius 2 is 2.69 bits per heavy atom. The van der Waals surface area contributed by atoms with Crippen LogP contribution in [0.4, 0.5) is 5.69 Å². The molecule has 13 heavy (non-hydrogen) atoms. The second kappa shape index (κ2) is 3.12. The molecule has 0 radical (unpaired) electrons. The molecule has 1 unspecified atom stereocenters. The second-order valence-corrected chi connectivity index (χ2v) is 2.91. The topological polar surface area (TPSA) is 51.5 Å². The summed E-state index contributed by atoms with van der Waals surface area (Å²) in [4.78, 5) is 11.3. The van der Waals surface area contributed by atoms with Gasteiger partial charge in [-0.05, 0) is 13.0 Å². The van der Waals surface area contributed by atoms with E-state index >= 15 is 0 Å². The van der Waals surface area contributed by atoms with Crippen LogP contribution >= 0.6 is 0 Å². The van der Waals surface area contributed by atoms with Crippen molar-refractivity contribution in [3.8, 4) is 0 Å². The first kappa shape index (κ1) is 8.16. The third-order valence-electron chi connectivity index (χ3n) is 2.04. The molecule has 0 amide bonds. The molecule has 0 saturated carbocycles. The van der Waals surface area contributed by atoms with Crippen molar-refractivity contribution in [2.45, 2.75) is 19.4 Å². The Bertz CT molecular complexity index is 298. The van der Waals surface area contributed by atoms with Crippen LogP contribution in [0.1, 0.15) is 12.7 Å². The lowest BCUT2D eigenvalue weighted by Crippen LogP contribution is -2.29. The standard InChI is InChI=1S/C9H11NO3/c1-2-12-9(11)7-5-8-6(10-7)3-4-13-8/h3-4,7,10H,2,5H2,1H3. The van der Waals surface area contributed by atoms with Crippen LogP contribution in [-0.2, 0) is 16.0 Å². The Kier molecular flexibility index (Phi) is 1.96. The number of esters is 1. The third-order valence-corrected chi connectivity index (χ3v) is 2.04. The van der Waals surface area contributed by atoms with E-state index < -0.39 is 0 Å². The van der Waals surface area contributed by atoms with Crippen molar-refractivity contribution in [2.24, 2.45) is 0 Å². The summed E-state index contributed by atoms with van der Waals surface area (Å²) in [7, 11) is 0. The van der Waals surface area contributed by atoms with Gasteiger partial charge in [-0.2, -0.15) is 0 Å². The van der Waals surface area contributed by atoms with E-state index in [0.717, 1.165) is 11.4 Å². The molecular weight excluding hydrogens is 170 g/mol. The van der Waals surface area contributed by atoms with Crippen molar-refractivity contribution in [1.29, 1.82) is 0 Å². The highest BCUT2D eigenvalue weighted by molar-refractivity contribution is 5.82. The molecule has 4 nitrogen and oxygen atoms in total. The fourth-order valence-corrected chi connectivity index (χ4v) is 1.44. The van der Waals surface area contributed by atoms with E-state index in [0.29, 0.717) is 13.0 Å². The Balaban J connectivity index is 2.01. The van der Waals surface area contributed by atoms with Crippen LogP contribution in [0.25, 0.3) is 0 Å². The van der Waals surface area contributed by atoms with Gasteiger partial charge in [-0.15, -0.1) is 0 Å². The van der Waals surface area contributed by atoms with E-state index in [9.17, 15) is 4.79 Å². The highest BCUT2D eigenvalue weighted by Gasteiger charge is 2.29. The molecule has 0 saturated heterocycles.